The molecule has 0 radical (unpaired) electrons. The number of nitrogens with zero attached hydrogens (tertiary/aromatic N) is 1. The van der Waals surface area contributed by atoms with Crippen LogP contribution in [-0.2, 0) is 6.42 Å². The third-order valence-electron chi connectivity index (χ3n) is 2.12. The minimum Gasteiger partial charge on any atom is -0.367 e. The van der Waals surface area contributed by atoms with Gasteiger partial charge in [0.15, 0.2) is 0 Å². The molecular weight excluding hydrogens is 174 g/mol. The van der Waals surface area contributed by atoms with E-state index < -0.39 is 0 Å². The van der Waals surface area contributed by atoms with Gasteiger partial charge in [-0.1, -0.05) is 0 Å². The van der Waals surface area contributed by atoms with Crippen molar-refractivity contribution in [3.8, 4) is 6.07 Å². The van der Waals surface area contributed by atoms with Crippen molar-refractivity contribution in [2.45, 2.75) is 20.3 Å². The predicted molar refractivity (Wildman–Crippen MR) is 56.8 cm³/mol. The molecule has 0 aliphatic heterocycles. The lowest BCUT2D eigenvalue weighted by Gasteiger charge is -2.15. The molecule has 0 bridgehead atoms. The molecule has 14 heavy (non-hydrogen) atoms. The zero-order chi connectivity index (χ0) is 10.4. The lowest BCUT2D eigenvalue weighted by atomic mass is 9.96. The molecule has 0 aromatic carbocycles. The molecule has 0 saturated carbocycles. The molecule has 1 rings (SSSR count). The summed E-state index contributed by atoms with van der Waals surface area (Å²) >= 11 is 0. The molecule has 0 saturated heterocycles. The van der Waals surface area contributed by atoms with Crippen LogP contribution in [0.4, 0.5) is 0 Å². The first-order valence-corrected chi connectivity index (χ1v) is 4.88. The molecule has 3 heteroatoms. The van der Waals surface area contributed by atoms with E-state index in [1.807, 2.05) is 26.2 Å². The molecule has 0 fully saturated rings. The van der Waals surface area contributed by atoms with E-state index in [0.29, 0.717) is 0 Å². The number of hydrogen-bond acceptors (Lipinski definition) is 2. The van der Waals surface area contributed by atoms with Gasteiger partial charge in [0.25, 0.3) is 0 Å². The summed E-state index contributed by atoms with van der Waals surface area (Å²) in [6, 6.07) is 4.33. The van der Waals surface area contributed by atoms with Crippen molar-refractivity contribution >= 4 is 0 Å². The van der Waals surface area contributed by atoms with Gasteiger partial charge in [-0.05, 0) is 38.4 Å². The van der Waals surface area contributed by atoms with Gasteiger partial charge in [-0.25, -0.2) is 0 Å². The van der Waals surface area contributed by atoms with E-state index >= 15 is 0 Å². The molecule has 1 aromatic rings. The molecule has 3 nitrogen and oxygen atoms in total. The van der Waals surface area contributed by atoms with Gasteiger partial charge in [0.2, 0.25) is 0 Å². The van der Waals surface area contributed by atoms with E-state index in [9.17, 15) is 0 Å². The summed E-state index contributed by atoms with van der Waals surface area (Å²) in [7, 11) is 0. The van der Waals surface area contributed by atoms with E-state index in [1.54, 1.807) is 0 Å². The topological polar surface area (TPSA) is 51.6 Å². The third kappa shape index (κ3) is 3.63. The maximum Gasteiger partial charge on any atom is 0.0697 e. The van der Waals surface area contributed by atoms with Crippen molar-refractivity contribution in [1.29, 1.82) is 5.26 Å². The molecule has 0 unspecified atom stereocenters. The minimum atomic E-state index is -0.266. The number of nitriles is 1. The Morgan fingerprint density at radius 3 is 2.93 bits per heavy atom. The number of aromatic amines is 1. The Bertz CT molecular complexity index is 293. The van der Waals surface area contributed by atoms with Crippen molar-refractivity contribution in [3.05, 3.63) is 24.0 Å². The van der Waals surface area contributed by atoms with Crippen LogP contribution >= 0.6 is 0 Å². The molecular formula is C11H17N3. The van der Waals surface area contributed by atoms with E-state index in [2.05, 4.69) is 22.4 Å². The maximum absolute atomic E-state index is 8.78. The average Bonchev–Trinajstić information content (AvgIpc) is 2.65. The van der Waals surface area contributed by atoms with Crippen LogP contribution in [0.15, 0.2) is 18.5 Å². The first-order chi connectivity index (χ1) is 6.64. The Morgan fingerprint density at radius 2 is 2.36 bits per heavy atom. The van der Waals surface area contributed by atoms with Crippen molar-refractivity contribution in [2.24, 2.45) is 5.41 Å². The molecule has 0 aliphatic carbocycles. The summed E-state index contributed by atoms with van der Waals surface area (Å²) in [6.45, 7) is 5.55. The monoisotopic (exact) mass is 191 g/mol. The molecule has 2 N–H and O–H groups in total. The van der Waals surface area contributed by atoms with Gasteiger partial charge in [0.05, 0.1) is 11.5 Å². The summed E-state index contributed by atoms with van der Waals surface area (Å²) in [5.41, 5.74) is 1.03. The first-order valence-electron chi connectivity index (χ1n) is 4.88. The number of aromatic nitrogens is 1. The number of H-pyrrole nitrogens is 1. The quantitative estimate of drug-likeness (QED) is 0.696. The third-order valence-corrected chi connectivity index (χ3v) is 2.12. The fourth-order valence-electron chi connectivity index (χ4n) is 1.19. The fourth-order valence-corrected chi connectivity index (χ4v) is 1.19. The van der Waals surface area contributed by atoms with Crippen LogP contribution in [0.1, 0.15) is 19.4 Å². The SMILES string of the molecule is CC(C)(C#N)CNCCc1cc[nH]c1. The normalized spacial score (nSPS) is 11.2. The Hall–Kier alpha value is -1.27. The number of rotatable bonds is 5. The first kappa shape index (κ1) is 10.8. The van der Waals surface area contributed by atoms with E-state index in [1.165, 1.54) is 5.56 Å². The molecule has 0 atom stereocenters. The zero-order valence-electron chi connectivity index (χ0n) is 8.80. The van der Waals surface area contributed by atoms with E-state index in [0.717, 1.165) is 19.5 Å². The van der Waals surface area contributed by atoms with Gasteiger partial charge in [-0.15, -0.1) is 0 Å². The van der Waals surface area contributed by atoms with Crippen LogP contribution < -0.4 is 5.32 Å². The summed E-state index contributed by atoms with van der Waals surface area (Å²) in [4.78, 5) is 3.02. The smallest absolute Gasteiger partial charge is 0.0697 e. The lowest BCUT2D eigenvalue weighted by molar-refractivity contribution is 0.447. The molecule has 0 spiro atoms. The summed E-state index contributed by atoms with van der Waals surface area (Å²) in [5.74, 6) is 0. The van der Waals surface area contributed by atoms with Gasteiger partial charge in [0, 0.05) is 18.9 Å². The summed E-state index contributed by atoms with van der Waals surface area (Å²) in [6.07, 6.45) is 4.93. The van der Waals surface area contributed by atoms with Crippen molar-refractivity contribution in [3.63, 3.8) is 0 Å². The van der Waals surface area contributed by atoms with Crippen LogP contribution in [-0.4, -0.2) is 18.1 Å². The highest BCUT2D eigenvalue weighted by molar-refractivity contribution is 5.08. The van der Waals surface area contributed by atoms with Crippen molar-refractivity contribution in [1.82, 2.24) is 10.3 Å². The molecule has 1 aromatic heterocycles. The largest absolute Gasteiger partial charge is 0.367 e. The van der Waals surface area contributed by atoms with Crippen LogP contribution in [0.2, 0.25) is 0 Å². The number of nitrogens with one attached hydrogen (secondary N) is 2. The van der Waals surface area contributed by atoms with Crippen molar-refractivity contribution < 1.29 is 0 Å². The molecule has 76 valence electrons. The van der Waals surface area contributed by atoms with Crippen LogP contribution in [0.5, 0.6) is 0 Å². The van der Waals surface area contributed by atoms with Gasteiger partial charge in [-0.2, -0.15) is 5.26 Å². The standard InChI is InChI=1S/C11H17N3/c1-11(2,8-12)9-14-6-4-10-3-5-13-7-10/h3,5,7,13-14H,4,6,9H2,1-2H3. The van der Waals surface area contributed by atoms with Crippen LogP contribution in [0.25, 0.3) is 0 Å². The fraction of sp³-hybridized carbons (Fsp3) is 0.545. The highest BCUT2D eigenvalue weighted by atomic mass is 14.9. The second kappa shape index (κ2) is 4.83. The van der Waals surface area contributed by atoms with Gasteiger partial charge >= 0.3 is 0 Å². The second-order valence-electron chi connectivity index (χ2n) is 4.14. The lowest BCUT2D eigenvalue weighted by Crippen LogP contribution is -2.29. The Balaban J connectivity index is 2.15. The Morgan fingerprint density at radius 1 is 1.57 bits per heavy atom. The highest BCUT2D eigenvalue weighted by Gasteiger charge is 2.14. The van der Waals surface area contributed by atoms with E-state index in [4.69, 9.17) is 5.26 Å². The molecule has 1 heterocycles. The van der Waals surface area contributed by atoms with E-state index in [-0.39, 0.29) is 5.41 Å². The van der Waals surface area contributed by atoms with Crippen molar-refractivity contribution in [2.75, 3.05) is 13.1 Å². The van der Waals surface area contributed by atoms with Crippen LogP contribution in [0, 0.1) is 16.7 Å². The number of hydrogen-bond donors (Lipinski definition) is 2. The summed E-state index contributed by atoms with van der Waals surface area (Å²) < 4.78 is 0. The predicted octanol–water partition coefficient (Wildman–Crippen LogP) is 1.70. The highest BCUT2D eigenvalue weighted by Crippen LogP contribution is 2.10. The maximum atomic E-state index is 8.78. The Labute approximate surface area is 85.1 Å². The van der Waals surface area contributed by atoms with Crippen LogP contribution in [0.3, 0.4) is 0 Å². The van der Waals surface area contributed by atoms with Gasteiger partial charge in [-0.3, -0.25) is 0 Å². The molecule has 0 aliphatic rings. The molecule has 0 amide bonds. The second-order valence-corrected chi connectivity index (χ2v) is 4.14. The Kier molecular flexibility index (Phi) is 3.73. The van der Waals surface area contributed by atoms with Gasteiger partial charge in [0.1, 0.15) is 0 Å². The summed E-state index contributed by atoms with van der Waals surface area (Å²) in [5, 5.41) is 12.1. The van der Waals surface area contributed by atoms with Gasteiger partial charge < -0.3 is 10.3 Å². The zero-order valence-corrected chi connectivity index (χ0v) is 8.80. The average molecular weight is 191 g/mol. The minimum absolute atomic E-state index is 0.266.